The minimum Gasteiger partial charge on any atom is -0.497 e. The van der Waals surface area contributed by atoms with Gasteiger partial charge in [0.15, 0.2) is 0 Å². The number of piperazine rings is 1. The summed E-state index contributed by atoms with van der Waals surface area (Å²) in [6, 6.07) is 20.5. The van der Waals surface area contributed by atoms with E-state index in [4.69, 9.17) is 9.15 Å². The van der Waals surface area contributed by atoms with Gasteiger partial charge in [0.1, 0.15) is 11.6 Å². The Hall–Kier alpha value is -4.38. The number of amides is 2. The van der Waals surface area contributed by atoms with Crippen molar-refractivity contribution in [2.45, 2.75) is 5.22 Å². The van der Waals surface area contributed by atoms with Gasteiger partial charge in [-0.1, -0.05) is 17.8 Å². The minimum absolute atomic E-state index is 0.00307. The molecule has 0 saturated carbocycles. The summed E-state index contributed by atoms with van der Waals surface area (Å²) >= 11 is 1.12. The third-order valence-electron chi connectivity index (χ3n) is 6.22. The molecule has 4 aromatic rings. The Morgan fingerprint density at radius 2 is 1.74 bits per heavy atom. The van der Waals surface area contributed by atoms with E-state index in [2.05, 4.69) is 20.4 Å². The fourth-order valence-corrected chi connectivity index (χ4v) is 4.73. The Kier molecular flexibility index (Phi) is 8.07. The second kappa shape index (κ2) is 12.0. The Balaban J connectivity index is 1.08. The van der Waals surface area contributed by atoms with Crippen molar-refractivity contribution in [1.29, 1.82) is 0 Å². The third kappa shape index (κ3) is 6.55. The van der Waals surface area contributed by atoms with Crippen LogP contribution >= 0.6 is 11.8 Å². The molecule has 2 amide bonds. The number of carbonyl (C=O) groups is 2. The van der Waals surface area contributed by atoms with E-state index in [1.54, 1.807) is 31.4 Å². The standard InChI is InChI=1S/C28H26FN5O4S/c1-37-24-4-2-3-20(17-24)27(36)34-15-13-33(14-16-34)23-11-9-22(10-12-23)30-25(35)18-39-28-32-31-26(38-28)19-5-7-21(29)8-6-19/h2-12,17H,13-16,18H2,1H3,(H,30,35). The molecule has 2 heterocycles. The number of halogens is 1. The van der Waals surface area contributed by atoms with Crippen LogP contribution in [0, 0.1) is 5.82 Å². The van der Waals surface area contributed by atoms with Crippen LogP contribution in [0.25, 0.3) is 11.5 Å². The molecule has 1 aromatic heterocycles. The average molecular weight is 548 g/mol. The zero-order chi connectivity index (χ0) is 27.2. The van der Waals surface area contributed by atoms with Crippen molar-refractivity contribution in [3.8, 4) is 17.2 Å². The van der Waals surface area contributed by atoms with Crippen LogP contribution in [-0.4, -0.2) is 66.0 Å². The number of rotatable bonds is 8. The highest BCUT2D eigenvalue weighted by atomic mass is 32.2. The molecule has 0 unspecified atom stereocenters. The fraction of sp³-hybridized carbons (Fsp3) is 0.214. The van der Waals surface area contributed by atoms with Gasteiger partial charge in [-0.2, -0.15) is 0 Å². The molecule has 0 bridgehead atoms. The second-order valence-corrected chi connectivity index (χ2v) is 9.70. The molecule has 1 aliphatic heterocycles. The summed E-state index contributed by atoms with van der Waals surface area (Å²) in [5.41, 5.74) is 2.92. The van der Waals surface area contributed by atoms with Crippen molar-refractivity contribution in [2.75, 3.05) is 49.3 Å². The number of aromatic nitrogens is 2. The van der Waals surface area contributed by atoms with Gasteiger partial charge in [0.05, 0.1) is 12.9 Å². The van der Waals surface area contributed by atoms with Crippen LogP contribution in [0.5, 0.6) is 5.75 Å². The monoisotopic (exact) mass is 547 g/mol. The SMILES string of the molecule is COc1cccc(C(=O)N2CCN(c3ccc(NC(=O)CSc4nnc(-c5ccc(F)cc5)o4)cc3)CC2)c1. The number of carbonyl (C=O) groups excluding carboxylic acids is 2. The van der Waals surface area contributed by atoms with E-state index in [9.17, 15) is 14.0 Å². The topological polar surface area (TPSA) is 101 Å². The predicted molar refractivity (Wildman–Crippen MR) is 147 cm³/mol. The Morgan fingerprint density at radius 3 is 2.46 bits per heavy atom. The van der Waals surface area contributed by atoms with Gasteiger partial charge >= 0.3 is 0 Å². The molecule has 0 atom stereocenters. The van der Waals surface area contributed by atoms with Crippen LogP contribution in [0.1, 0.15) is 10.4 Å². The number of hydrogen-bond acceptors (Lipinski definition) is 8. The lowest BCUT2D eigenvalue weighted by molar-refractivity contribution is -0.113. The summed E-state index contributed by atoms with van der Waals surface area (Å²) in [5, 5.41) is 11.0. The number of benzene rings is 3. The van der Waals surface area contributed by atoms with E-state index in [1.807, 2.05) is 41.3 Å². The molecular weight excluding hydrogens is 521 g/mol. The molecule has 1 N–H and O–H groups in total. The maximum atomic E-state index is 13.1. The zero-order valence-electron chi connectivity index (χ0n) is 21.2. The van der Waals surface area contributed by atoms with Crippen molar-refractivity contribution in [1.82, 2.24) is 15.1 Å². The fourth-order valence-electron chi connectivity index (χ4n) is 4.16. The van der Waals surface area contributed by atoms with Crippen molar-refractivity contribution in [2.24, 2.45) is 0 Å². The highest BCUT2D eigenvalue weighted by molar-refractivity contribution is 7.99. The lowest BCUT2D eigenvalue weighted by atomic mass is 10.1. The smallest absolute Gasteiger partial charge is 0.277 e. The minimum atomic E-state index is -0.350. The van der Waals surface area contributed by atoms with Gasteiger partial charge in [0.2, 0.25) is 11.8 Å². The van der Waals surface area contributed by atoms with Crippen LogP contribution in [-0.2, 0) is 4.79 Å². The molecule has 5 rings (SSSR count). The first-order valence-corrected chi connectivity index (χ1v) is 13.3. The maximum absolute atomic E-state index is 13.1. The number of thioether (sulfide) groups is 1. The summed E-state index contributed by atoms with van der Waals surface area (Å²) in [6.45, 7) is 2.65. The van der Waals surface area contributed by atoms with Gasteiger partial charge in [0, 0.05) is 48.7 Å². The number of methoxy groups -OCH3 is 1. The van der Waals surface area contributed by atoms with E-state index >= 15 is 0 Å². The Morgan fingerprint density at radius 1 is 1.00 bits per heavy atom. The molecule has 3 aromatic carbocycles. The van der Waals surface area contributed by atoms with Gasteiger partial charge in [-0.3, -0.25) is 9.59 Å². The lowest BCUT2D eigenvalue weighted by Gasteiger charge is -2.36. The lowest BCUT2D eigenvalue weighted by Crippen LogP contribution is -2.48. The van der Waals surface area contributed by atoms with Gasteiger partial charge in [-0.05, 0) is 66.7 Å². The molecule has 0 aliphatic carbocycles. The Bertz CT molecular complexity index is 1440. The first-order valence-electron chi connectivity index (χ1n) is 12.3. The average Bonchev–Trinajstić information content (AvgIpc) is 3.46. The Labute approximate surface area is 229 Å². The number of hydrogen-bond donors (Lipinski definition) is 1. The molecule has 39 heavy (non-hydrogen) atoms. The number of nitrogens with zero attached hydrogens (tertiary/aromatic N) is 4. The van der Waals surface area contributed by atoms with Crippen molar-refractivity contribution < 1.29 is 23.1 Å². The summed E-state index contributed by atoms with van der Waals surface area (Å²) in [6.07, 6.45) is 0. The zero-order valence-corrected chi connectivity index (χ0v) is 22.0. The van der Waals surface area contributed by atoms with E-state index in [-0.39, 0.29) is 34.5 Å². The van der Waals surface area contributed by atoms with E-state index < -0.39 is 0 Å². The molecule has 200 valence electrons. The number of ether oxygens (including phenoxy) is 1. The first-order chi connectivity index (χ1) is 19.0. The molecule has 1 aliphatic rings. The normalized spacial score (nSPS) is 13.3. The molecule has 1 saturated heterocycles. The van der Waals surface area contributed by atoms with Crippen LogP contribution in [0.3, 0.4) is 0 Å². The molecule has 9 nitrogen and oxygen atoms in total. The third-order valence-corrected chi connectivity index (χ3v) is 7.04. The van der Waals surface area contributed by atoms with Crippen molar-refractivity contribution in [3.63, 3.8) is 0 Å². The van der Waals surface area contributed by atoms with Crippen LogP contribution < -0.4 is 15.0 Å². The van der Waals surface area contributed by atoms with Gasteiger partial charge in [0.25, 0.3) is 11.1 Å². The molecule has 0 spiro atoms. The van der Waals surface area contributed by atoms with E-state index in [0.29, 0.717) is 48.7 Å². The predicted octanol–water partition coefficient (Wildman–Crippen LogP) is 4.58. The highest BCUT2D eigenvalue weighted by Gasteiger charge is 2.22. The second-order valence-electron chi connectivity index (χ2n) is 8.77. The largest absolute Gasteiger partial charge is 0.497 e. The van der Waals surface area contributed by atoms with E-state index in [0.717, 1.165) is 17.4 Å². The van der Waals surface area contributed by atoms with Crippen LogP contribution in [0.4, 0.5) is 15.8 Å². The van der Waals surface area contributed by atoms with Crippen molar-refractivity contribution >= 4 is 35.0 Å². The molecule has 0 radical (unpaired) electrons. The number of nitrogens with one attached hydrogen (secondary N) is 1. The summed E-state index contributed by atoms with van der Waals surface area (Å²) in [7, 11) is 1.58. The highest BCUT2D eigenvalue weighted by Crippen LogP contribution is 2.24. The number of anilines is 2. The summed E-state index contributed by atoms with van der Waals surface area (Å²) in [5.74, 6) is 0.457. The molecule has 11 heteroatoms. The maximum Gasteiger partial charge on any atom is 0.277 e. The first kappa shape index (κ1) is 26.2. The van der Waals surface area contributed by atoms with Gasteiger partial charge < -0.3 is 24.3 Å². The van der Waals surface area contributed by atoms with Crippen molar-refractivity contribution in [3.05, 3.63) is 84.2 Å². The van der Waals surface area contributed by atoms with Gasteiger partial charge in [-0.25, -0.2) is 4.39 Å². The van der Waals surface area contributed by atoms with Gasteiger partial charge in [-0.15, -0.1) is 10.2 Å². The van der Waals surface area contributed by atoms with E-state index in [1.165, 1.54) is 12.1 Å². The molecule has 1 fully saturated rings. The quantitative estimate of drug-likeness (QED) is 0.320. The summed E-state index contributed by atoms with van der Waals surface area (Å²) in [4.78, 5) is 29.4. The molecular formula is C28H26FN5O4S. The van der Waals surface area contributed by atoms with Crippen LogP contribution in [0.2, 0.25) is 0 Å². The van der Waals surface area contributed by atoms with Crippen LogP contribution in [0.15, 0.2) is 82.4 Å². The summed E-state index contributed by atoms with van der Waals surface area (Å²) < 4.78 is 23.9.